The van der Waals surface area contributed by atoms with Crippen molar-refractivity contribution < 1.29 is 19.1 Å². The molecule has 0 bridgehead atoms. The van der Waals surface area contributed by atoms with Crippen LogP contribution in [0.2, 0.25) is 0 Å². The number of benzene rings is 3. The molecule has 6 rings (SSSR count). The van der Waals surface area contributed by atoms with Crippen molar-refractivity contribution in [2.24, 2.45) is 5.92 Å². The van der Waals surface area contributed by atoms with Gasteiger partial charge in [0, 0.05) is 30.0 Å². The van der Waals surface area contributed by atoms with Gasteiger partial charge in [-0.15, -0.1) is 0 Å². The Morgan fingerprint density at radius 3 is 2.40 bits per heavy atom. The van der Waals surface area contributed by atoms with Crippen LogP contribution in [0.25, 0.3) is 11.0 Å². The van der Waals surface area contributed by atoms with Crippen molar-refractivity contribution in [3.8, 4) is 11.5 Å². The predicted molar refractivity (Wildman–Crippen MR) is 162 cm³/mol. The fourth-order valence-corrected chi connectivity index (χ4v) is 6.61. The van der Waals surface area contributed by atoms with Gasteiger partial charge in [0.15, 0.2) is 17.3 Å². The summed E-state index contributed by atoms with van der Waals surface area (Å²) in [5, 5.41) is 0. The summed E-state index contributed by atoms with van der Waals surface area (Å²) < 4.78 is 11.2. The fourth-order valence-electron chi connectivity index (χ4n) is 6.61. The van der Waals surface area contributed by atoms with Crippen LogP contribution < -0.4 is 9.47 Å². The highest BCUT2D eigenvalue weighted by Crippen LogP contribution is 2.42. The molecule has 218 valence electrons. The molecule has 3 heterocycles. The standard InChI is InChI=1S/C34H38N4O4/c1-41-29-13-12-26(22-30(29)42-2)34(17-21-38(23-34)33(40)25-8-4-3-5-9-25)16-20-37-18-14-24(15-19-37)31(39)32-35-27-10-6-7-11-28(27)36-32/h3-13,22,24H,14-21,23H2,1-2H3,(H,35,36). The second kappa shape index (κ2) is 12.0. The second-order valence-corrected chi connectivity index (χ2v) is 11.5. The Bertz CT molecular complexity index is 1530. The number of para-hydroxylation sites is 2. The van der Waals surface area contributed by atoms with Crippen molar-refractivity contribution in [3.05, 3.63) is 89.7 Å². The monoisotopic (exact) mass is 566 g/mol. The van der Waals surface area contributed by atoms with Crippen molar-refractivity contribution in [1.29, 1.82) is 0 Å². The van der Waals surface area contributed by atoms with E-state index in [4.69, 9.17) is 9.47 Å². The molecule has 1 amide bonds. The number of hydrogen-bond acceptors (Lipinski definition) is 6. The molecule has 1 aromatic heterocycles. The first kappa shape index (κ1) is 28.0. The minimum Gasteiger partial charge on any atom is -0.493 e. The summed E-state index contributed by atoms with van der Waals surface area (Å²) in [6.07, 6.45) is 3.42. The number of piperidine rings is 1. The molecule has 8 heteroatoms. The number of fused-ring (bicyclic) bond motifs is 1. The molecule has 42 heavy (non-hydrogen) atoms. The number of carbonyl (C=O) groups excluding carboxylic acids is 2. The number of aromatic amines is 1. The minimum absolute atomic E-state index is 0.0212. The summed E-state index contributed by atoms with van der Waals surface area (Å²) in [4.78, 5) is 38.8. The topological polar surface area (TPSA) is 87.8 Å². The first-order chi connectivity index (χ1) is 20.5. The third-order valence-electron chi connectivity index (χ3n) is 9.15. The van der Waals surface area contributed by atoms with Crippen LogP contribution in [0.15, 0.2) is 72.8 Å². The number of H-pyrrole nitrogens is 1. The lowest BCUT2D eigenvalue weighted by Gasteiger charge is -2.36. The third-order valence-corrected chi connectivity index (χ3v) is 9.15. The van der Waals surface area contributed by atoms with Gasteiger partial charge >= 0.3 is 0 Å². The average Bonchev–Trinajstić information content (AvgIpc) is 3.69. The summed E-state index contributed by atoms with van der Waals surface area (Å²) in [6.45, 7) is 3.98. The summed E-state index contributed by atoms with van der Waals surface area (Å²) in [5.74, 6) is 2.03. The van der Waals surface area contributed by atoms with Crippen molar-refractivity contribution >= 4 is 22.7 Å². The molecule has 2 aliphatic rings. The molecular weight excluding hydrogens is 528 g/mol. The number of carbonyl (C=O) groups is 2. The number of nitrogens with zero attached hydrogens (tertiary/aromatic N) is 3. The zero-order valence-corrected chi connectivity index (χ0v) is 24.3. The van der Waals surface area contributed by atoms with Crippen LogP contribution in [0.4, 0.5) is 0 Å². The van der Waals surface area contributed by atoms with E-state index >= 15 is 0 Å². The van der Waals surface area contributed by atoms with E-state index in [1.54, 1.807) is 14.2 Å². The first-order valence-corrected chi connectivity index (χ1v) is 14.8. The highest BCUT2D eigenvalue weighted by atomic mass is 16.5. The number of imidazole rings is 1. The zero-order chi connectivity index (χ0) is 29.1. The smallest absolute Gasteiger partial charge is 0.253 e. The van der Waals surface area contributed by atoms with Crippen molar-refractivity contribution in [2.45, 2.75) is 31.1 Å². The number of rotatable bonds is 9. The average molecular weight is 567 g/mol. The molecule has 2 saturated heterocycles. The highest BCUT2D eigenvalue weighted by molar-refractivity contribution is 5.97. The highest BCUT2D eigenvalue weighted by Gasteiger charge is 2.42. The normalized spacial score (nSPS) is 19.7. The lowest BCUT2D eigenvalue weighted by Crippen LogP contribution is -2.41. The molecular formula is C34H38N4O4. The third kappa shape index (κ3) is 5.51. The Kier molecular flexibility index (Phi) is 7.98. The van der Waals surface area contributed by atoms with Crippen LogP contribution in [-0.2, 0) is 5.41 Å². The number of nitrogens with one attached hydrogen (secondary N) is 1. The maximum absolute atomic E-state index is 13.4. The van der Waals surface area contributed by atoms with Crippen molar-refractivity contribution in [2.75, 3.05) is 46.9 Å². The van der Waals surface area contributed by atoms with Gasteiger partial charge in [-0.3, -0.25) is 9.59 Å². The summed E-state index contributed by atoms with van der Waals surface area (Å²) in [5.41, 5.74) is 3.41. The number of hydrogen-bond donors (Lipinski definition) is 1. The zero-order valence-electron chi connectivity index (χ0n) is 24.3. The quantitative estimate of drug-likeness (QED) is 0.275. The van der Waals surface area contributed by atoms with E-state index in [2.05, 4.69) is 27.0 Å². The van der Waals surface area contributed by atoms with Crippen LogP contribution in [0, 0.1) is 5.92 Å². The van der Waals surface area contributed by atoms with E-state index in [0.717, 1.165) is 61.9 Å². The van der Waals surface area contributed by atoms with E-state index in [9.17, 15) is 9.59 Å². The van der Waals surface area contributed by atoms with Crippen LogP contribution in [-0.4, -0.2) is 78.4 Å². The summed E-state index contributed by atoms with van der Waals surface area (Å²) in [6, 6.07) is 23.4. The van der Waals surface area contributed by atoms with Gasteiger partial charge in [-0.1, -0.05) is 36.4 Å². The SMILES string of the molecule is COc1ccc(C2(CCN3CCC(C(=O)c4nc5ccccc5[nH]4)CC3)CCN(C(=O)c3ccccc3)C2)cc1OC. The number of ketones is 1. The van der Waals surface area contributed by atoms with E-state index in [0.29, 0.717) is 30.4 Å². The lowest BCUT2D eigenvalue weighted by atomic mass is 9.76. The second-order valence-electron chi connectivity index (χ2n) is 11.5. The molecule has 1 N–H and O–H groups in total. The van der Waals surface area contributed by atoms with Gasteiger partial charge in [-0.25, -0.2) is 4.98 Å². The lowest BCUT2D eigenvalue weighted by molar-refractivity contribution is 0.0778. The van der Waals surface area contributed by atoms with Gasteiger partial charge in [-0.05, 0) is 87.3 Å². The largest absolute Gasteiger partial charge is 0.493 e. The number of Topliss-reactive ketones (excluding diaryl/α,β-unsaturated/α-hetero) is 1. The van der Waals surface area contributed by atoms with Crippen LogP contribution >= 0.6 is 0 Å². The van der Waals surface area contributed by atoms with Crippen LogP contribution in [0.3, 0.4) is 0 Å². The van der Waals surface area contributed by atoms with Gasteiger partial charge in [0.1, 0.15) is 0 Å². The number of aromatic nitrogens is 2. The van der Waals surface area contributed by atoms with Crippen LogP contribution in [0.5, 0.6) is 11.5 Å². The number of ether oxygens (including phenoxy) is 2. The molecule has 8 nitrogen and oxygen atoms in total. The summed E-state index contributed by atoms with van der Waals surface area (Å²) in [7, 11) is 3.30. The van der Waals surface area contributed by atoms with Crippen LogP contribution in [0.1, 0.15) is 52.2 Å². The van der Waals surface area contributed by atoms with Gasteiger partial charge < -0.3 is 24.3 Å². The Labute approximate surface area is 246 Å². The molecule has 0 radical (unpaired) electrons. The predicted octanol–water partition coefficient (Wildman–Crippen LogP) is 5.35. The number of methoxy groups -OCH3 is 2. The van der Waals surface area contributed by atoms with Gasteiger partial charge in [0.2, 0.25) is 5.78 Å². The Morgan fingerprint density at radius 1 is 0.929 bits per heavy atom. The molecule has 3 aromatic carbocycles. The molecule has 0 aliphatic carbocycles. The van der Waals surface area contributed by atoms with E-state index in [-0.39, 0.29) is 23.0 Å². The molecule has 4 aromatic rings. The van der Waals surface area contributed by atoms with Gasteiger partial charge in [0.25, 0.3) is 5.91 Å². The van der Waals surface area contributed by atoms with Crippen molar-refractivity contribution in [3.63, 3.8) is 0 Å². The molecule has 2 fully saturated rings. The van der Waals surface area contributed by atoms with E-state index in [1.165, 1.54) is 5.56 Å². The maximum atomic E-state index is 13.4. The molecule has 0 spiro atoms. The molecule has 0 saturated carbocycles. The Morgan fingerprint density at radius 2 is 1.67 bits per heavy atom. The molecule has 2 aliphatic heterocycles. The first-order valence-electron chi connectivity index (χ1n) is 14.8. The van der Waals surface area contributed by atoms with Gasteiger partial charge in [-0.2, -0.15) is 0 Å². The Balaban J connectivity index is 1.15. The van der Waals surface area contributed by atoms with E-state index in [1.807, 2.05) is 65.6 Å². The minimum atomic E-state index is -0.203. The molecule has 1 unspecified atom stereocenters. The maximum Gasteiger partial charge on any atom is 0.253 e. The molecule has 1 atom stereocenters. The fraction of sp³-hybridized carbons (Fsp3) is 0.382. The summed E-state index contributed by atoms with van der Waals surface area (Å²) >= 11 is 0. The number of likely N-dealkylation sites (tertiary alicyclic amines) is 2. The number of amides is 1. The van der Waals surface area contributed by atoms with Gasteiger partial charge in [0.05, 0.1) is 25.3 Å². The Hall–Kier alpha value is -4.17. The van der Waals surface area contributed by atoms with Crippen molar-refractivity contribution in [1.82, 2.24) is 19.8 Å². The van der Waals surface area contributed by atoms with E-state index < -0.39 is 0 Å².